The predicted molar refractivity (Wildman–Crippen MR) is 73.3 cm³/mol. The number of carbonyl (C=O) groups excluding carboxylic acids is 1. The van der Waals surface area contributed by atoms with E-state index in [0.29, 0.717) is 13.2 Å². The molecule has 0 amide bonds. The second-order valence-corrected chi connectivity index (χ2v) is 3.48. The van der Waals surface area contributed by atoms with Gasteiger partial charge in [-0.15, -0.1) is 0 Å². The molecule has 0 aliphatic heterocycles. The number of hydrogen-bond acceptors (Lipinski definition) is 4. The van der Waals surface area contributed by atoms with Crippen LogP contribution < -0.4 is 0 Å². The standard InChI is InChI=1S/C12H23O4.C2H5.Ag/c1-2-7-14-8-3-4-9-15-10-5-11-16-12-6-13;1-2;/h2-5,7-12H2,1H3;1H2,2H3;/q2*-1;. The average molecular weight is 368 g/mol. The van der Waals surface area contributed by atoms with Crippen molar-refractivity contribution in [2.45, 2.75) is 39.5 Å². The predicted octanol–water partition coefficient (Wildman–Crippen LogP) is 2.56. The number of rotatable bonds is 13. The van der Waals surface area contributed by atoms with Gasteiger partial charge in [-0.3, -0.25) is 0 Å². The summed E-state index contributed by atoms with van der Waals surface area (Å²) in [6, 6.07) is 0. The summed E-state index contributed by atoms with van der Waals surface area (Å²) >= 11 is 0. The van der Waals surface area contributed by atoms with Gasteiger partial charge in [-0.25, -0.2) is 6.29 Å². The molecule has 121 valence electrons. The summed E-state index contributed by atoms with van der Waals surface area (Å²) in [5, 5.41) is 0. The van der Waals surface area contributed by atoms with Crippen LogP contribution in [0.3, 0.4) is 0 Å². The molecule has 0 spiro atoms. The van der Waals surface area contributed by atoms with Crippen LogP contribution in [0.2, 0.25) is 0 Å². The van der Waals surface area contributed by atoms with Crippen LogP contribution in [0.25, 0.3) is 0 Å². The van der Waals surface area contributed by atoms with Gasteiger partial charge < -0.3 is 25.9 Å². The summed E-state index contributed by atoms with van der Waals surface area (Å²) in [4.78, 5) is 9.79. The minimum absolute atomic E-state index is 0. The van der Waals surface area contributed by atoms with E-state index in [2.05, 4.69) is 13.8 Å². The van der Waals surface area contributed by atoms with E-state index in [4.69, 9.17) is 14.2 Å². The molecule has 0 atom stereocenters. The maximum atomic E-state index is 9.79. The minimum atomic E-state index is 0. The van der Waals surface area contributed by atoms with Crippen molar-refractivity contribution in [3.05, 3.63) is 6.92 Å². The molecule has 5 heteroatoms. The SMILES string of the molecule is CCCOCCCCOCCCOC[C-]=O.[Ag].[CH2-]C. The van der Waals surface area contributed by atoms with Crippen molar-refractivity contribution in [1.29, 1.82) is 0 Å². The van der Waals surface area contributed by atoms with E-state index >= 15 is 0 Å². The zero-order valence-electron chi connectivity index (χ0n) is 12.2. The van der Waals surface area contributed by atoms with E-state index in [1.54, 1.807) is 13.2 Å². The third kappa shape index (κ3) is 27.5. The van der Waals surface area contributed by atoms with Gasteiger partial charge in [0.05, 0.1) is 0 Å². The zero-order valence-corrected chi connectivity index (χ0v) is 13.7. The van der Waals surface area contributed by atoms with Crippen molar-refractivity contribution in [1.82, 2.24) is 0 Å². The van der Waals surface area contributed by atoms with Gasteiger partial charge in [0.15, 0.2) is 0 Å². The van der Waals surface area contributed by atoms with E-state index in [9.17, 15) is 4.79 Å². The summed E-state index contributed by atoms with van der Waals surface area (Å²) in [6.45, 7) is 10.9. The van der Waals surface area contributed by atoms with Gasteiger partial charge in [-0.05, 0) is 32.3 Å². The molecule has 19 heavy (non-hydrogen) atoms. The van der Waals surface area contributed by atoms with E-state index in [1.807, 2.05) is 0 Å². The third-order valence-corrected chi connectivity index (χ3v) is 1.91. The van der Waals surface area contributed by atoms with Gasteiger partial charge in [0.25, 0.3) is 0 Å². The van der Waals surface area contributed by atoms with Crippen molar-refractivity contribution >= 4 is 6.29 Å². The summed E-state index contributed by atoms with van der Waals surface area (Å²) in [7, 11) is 0. The Kier molecular flexibility index (Phi) is 34.3. The van der Waals surface area contributed by atoms with Crippen LogP contribution in [0, 0.1) is 6.92 Å². The van der Waals surface area contributed by atoms with Crippen molar-refractivity contribution in [2.24, 2.45) is 0 Å². The molecule has 4 nitrogen and oxygen atoms in total. The van der Waals surface area contributed by atoms with Crippen LogP contribution in [-0.2, 0) is 41.4 Å². The smallest absolute Gasteiger partial charge is 0.0487 e. The van der Waals surface area contributed by atoms with Crippen molar-refractivity contribution < 1.29 is 41.4 Å². The Morgan fingerprint density at radius 2 is 1.32 bits per heavy atom. The topological polar surface area (TPSA) is 44.8 Å². The summed E-state index contributed by atoms with van der Waals surface area (Å²) in [5.74, 6) is 0. The van der Waals surface area contributed by atoms with Gasteiger partial charge in [0, 0.05) is 55.4 Å². The zero-order chi connectivity index (χ0) is 13.9. The van der Waals surface area contributed by atoms with Crippen LogP contribution >= 0.6 is 0 Å². The quantitative estimate of drug-likeness (QED) is 0.285. The van der Waals surface area contributed by atoms with E-state index in [0.717, 1.165) is 45.5 Å². The van der Waals surface area contributed by atoms with Crippen LogP contribution in [0.1, 0.15) is 39.5 Å². The molecular weight excluding hydrogens is 340 g/mol. The van der Waals surface area contributed by atoms with Gasteiger partial charge in [0.1, 0.15) is 0 Å². The fourth-order valence-corrected chi connectivity index (χ4v) is 1.13. The maximum absolute atomic E-state index is 9.79. The summed E-state index contributed by atoms with van der Waals surface area (Å²) < 4.78 is 15.7. The summed E-state index contributed by atoms with van der Waals surface area (Å²) in [5.41, 5.74) is 0. The van der Waals surface area contributed by atoms with Crippen molar-refractivity contribution in [3.63, 3.8) is 0 Å². The van der Waals surface area contributed by atoms with Gasteiger partial charge in [-0.2, -0.15) is 6.92 Å². The molecule has 0 aromatic heterocycles. The third-order valence-electron chi connectivity index (χ3n) is 1.91. The molecule has 1 radical (unpaired) electrons. The molecule has 0 heterocycles. The number of unbranched alkanes of at least 4 members (excludes halogenated alkanes) is 1. The molecule has 0 unspecified atom stereocenters. The van der Waals surface area contributed by atoms with Crippen LogP contribution in [-0.4, -0.2) is 45.9 Å². The van der Waals surface area contributed by atoms with E-state index < -0.39 is 0 Å². The van der Waals surface area contributed by atoms with Crippen LogP contribution in [0.15, 0.2) is 0 Å². The van der Waals surface area contributed by atoms with Gasteiger partial charge in [-0.1, -0.05) is 6.92 Å². The van der Waals surface area contributed by atoms with Crippen LogP contribution in [0.5, 0.6) is 0 Å². The maximum Gasteiger partial charge on any atom is 0.0487 e. The Bertz CT molecular complexity index is 145. The monoisotopic (exact) mass is 367 g/mol. The van der Waals surface area contributed by atoms with E-state index in [-0.39, 0.29) is 29.0 Å². The molecule has 0 rings (SSSR count). The largest absolute Gasteiger partial charge is 0.540 e. The molecule has 0 aromatic carbocycles. The molecular formula is C14H28AgO4-2. The number of hydrogen-bond donors (Lipinski definition) is 0. The molecule has 0 fully saturated rings. The Hall–Kier alpha value is 0.290. The first-order valence-electron chi connectivity index (χ1n) is 6.70. The fourth-order valence-electron chi connectivity index (χ4n) is 1.13. The summed E-state index contributed by atoms with van der Waals surface area (Å²) in [6.07, 6.45) is 5.67. The van der Waals surface area contributed by atoms with Gasteiger partial charge >= 0.3 is 0 Å². The molecule has 0 saturated carbocycles. The molecule has 0 N–H and O–H groups in total. The Labute approximate surface area is 134 Å². The van der Waals surface area contributed by atoms with Crippen LogP contribution in [0.4, 0.5) is 0 Å². The first-order chi connectivity index (χ1) is 8.91. The molecule has 0 saturated heterocycles. The normalized spacial score (nSPS) is 9.21. The van der Waals surface area contributed by atoms with Crippen molar-refractivity contribution in [2.75, 3.05) is 39.6 Å². The molecule has 0 aliphatic rings. The van der Waals surface area contributed by atoms with E-state index in [1.165, 1.54) is 0 Å². The fraction of sp³-hybridized carbons (Fsp3) is 0.857. The molecule has 0 aromatic rings. The molecule has 0 bridgehead atoms. The Morgan fingerprint density at radius 3 is 1.84 bits per heavy atom. The second-order valence-electron chi connectivity index (χ2n) is 3.48. The Balaban J connectivity index is -0.000000809. The van der Waals surface area contributed by atoms with Gasteiger partial charge in [0.2, 0.25) is 0 Å². The Morgan fingerprint density at radius 1 is 0.842 bits per heavy atom. The first kappa shape index (κ1) is 24.3. The van der Waals surface area contributed by atoms with Crippen molar-refractivity contribution in [3.8, 4) is 0 Å². The molecule has 0 aliphatic carbocycles. The number of ether oxygens (including phenoxy) is 3. The average Bonchev–Trinajstić information content (AvgIpc) is 2.42. The second kappa shape index (κ2) is 26.8. The first-order valence-corrected chi connectivity index (χ1v) is 6.70. The minimum Gasteiger partial charge on any atom is -0.540 e.